The van der Waals surface area contributed by atoms with Gasteiger partial charge in [-0.25, -0.2) is 8.42 Å². The Hall–Kier alpha value is -0.670. The molecule has 1 heterocycles. The van der Waals surface area contributed by atoms with Crippen LogP contribution in [0, 0.1) is 5.92 Å². The highest BCUT2D eigenvalue weighted by Gasteiger charge is 2.26. The molecule has 0 unspecified atom stereocenters. The monoisotopic (exact) mass is 423 g/mol. The van der Waals surface area contributed by atoms with E-state index >= 15 is 0 Å². The largest absolute Gasteiger partial charge is 0.356 e. The lowest BCUT2D eigenvalue weighted by atomic mass is 10.00. The van der Waals surface area contributed by atoms with Crippen molar-refractivity contribution in [3.8, 4) is 0 Å². The zero-order chi connectivity index (χ0) is 18.4. The van der Waals surface area contributed by atoms with Crippen LogP contribution in [0.15, 0.2) is 16.3 Å². The summed E-state index contributed by atoms with van der Waals surface area (Å²) in [6.45, 7) is 5.12. The summed E-state index contributed by atoms with van der Waals surface area (Å²) in [6, 6.07) is 3.64. The Morgan fingerprint density at radius 1 is 1.31 bits per heavy atom. The van der Waals surface area contributed by atoms with E-state index in [0.717, 1.165) is 24.1 Å². The van der Waals surface area contributed by atoms with Crippen LogP contribution < -0.4 is 11.1 Å². The van der Waals surface area contributed by atoms with E-state index in [1.165, 1.54) is 15.6 Å². The molecule has 1 saturated carbocycles. The van der Waals surface area contributed by atoms with E-state index in [9.17, 15) is 13.2 Å². The Morgan fingerprint density at radius 3 is 2.58 bits per heavy atom. The highest BCUT2D eigenvalue weighted by atomic mass is 35.5. The van der Waals surface area contributed by atoms with Gasteiger partial charge in [0.1, 0.15) is 4.21 Å². The Balaban J connectivity index is 0.00000338. The Morgan fingerprint density at radius 2 is 2.00 bits per heavy atom. The van der Waals surface area contributed by atoms with Crippen molar-refractivity contribution in [2.75, 3.05) is 19.6 Å². The number of amides is 1. The van der Waals surface area contributed by atoms with Crippen LogP contribution in [0.2, 0.25) is 0 Å². The van der Waals surface area contributed by atoms with Crippen molar-refractivity contribution in [3.63, 3.8) is 0 Å². The van der Waals surface area contributed by atoms with Gasteiger partial charge in [0.2, 0.25) is 5.91 Å². The van der Waals surface area contributed by atoms with Crippen molar-refractivity contribution in [1.29, 1.82) is 0 Å². The molecule has 1 aromatic heterocycles. The fourth-order valence-electron chi connectivity index (χ4n) is 3.28. The topological polar surface area (TPSA) is 92.5 Å². The molecule has 2 rings (SSSR count). The second-order valence-corrected chi connectivity index (χ2v) is 9.80. The van der Waals surface area contributed by atoms with Crippen molar-refractivity contribution in [2.45, 2.75) is 56.2 Å². The summed E-state index contributed by atoms with van der Waals surface area (Å²) < 4.78 is 26.8. The molecule has 1 fully saturated rings. The van der Waals surface area contributed by atoms with Crippen LogP contribution in [0.25, 0.3) is 0 Å². The second kappa shape index (κ2) is 10.6. The van der Waals surface area contributed by atoms with E-state index in [2.05, 4.69) is 5.32 Å². The van der Waals surface area contributed by atoms with Crippen molar-refractivity contribution in [1.82, 2.24) is 9.62 Å². The number of hydrogen-bond acceptors (Lipinski definition) is 5. The van der Waals surface area contributed by atoms with E-state index in [1.807, 2.05) is 19.9 Å². The second-order valence-electron chi connectivity index (χ2n) is 6.47. The van der Waals surface area contributed by atoms with Crippen LogP contribution in [0.3, 0.4) is 0 Å². The third-order valence-electron chi connectivity index (χ3n) is 4.80. The van der Waals surface area contributed by atoms with E-state index in [0.29, 0.717) is 42.6 Å². The molecule has 2 atom stereocenters. The number of nitrogens with one attached hydrogen (secondary N) is 1. The molecule has 0 saturated heterocycles. The lowest BCUT2D eigenvalue weighted by molar-refractivity contribution is -0.122. The molecule has 9 heteroatoms. The van der Waals surface area contributed by atoms with Gasteiger partial charge in [-0.1, -0.05) is 20.3 Å². The van der Waals surface area contributed by atoms with Gasteiger partial charge >= 0.3 is 0 Å². The van der Waals surface area contributed by atoms with E-state index in [1.54, 1.807) is 6.07 Å². The van der Waals surface area contributed by atoms with Gasteiger partial charge in [0.15, 0.2) is 0 Å². The number of thiophene rings is 1. The normalized spacial score (nSPS) is 20.2. The zero-order valence-electron chi connectivity index (χ0n) is 15.4. The zero-order valence-corrected chi connectivity index (χ0v) is 17.9. The molecule has 0 spiro atoms. The summed E-state index contributed by atoms with van der Waals surface area (Å²) in [6.07, 6.45) is 4.29. The Bertz CT molecular complexity index is 675. The maximum absolute atomic E-state index is 12.5. The Labute approximate surface area is 167 Å². The lowest BCUT2D eigenvalue weighted by Gasteiger charge is -2.16. The van der Waals surface area contributed by atoms with Crippen LogP contribution >= 0.6 is 23.7 Å². The lowest BCUT2D eigenvalue weighted by Crippen LogP contribution is -2.32. The Kier molecular flexibility index (Phi) is 9.54. The highest BCUT2D eigenvalue weighted by molar-refractivity contribution is 7.91. The molecule has 1 aliphatic carbocycles. The maximum Gasteiger partial charge on any atom is 0.252 e. The number of nitrogens with two attached hydrogens (primary N) is 1. The van der Waals surface area contributed by atoms with E-state index < -0.39 is 10.0 Å². The third-order valence-corrected chi connectivity index (χ3v) is 8.46. The van der Waals surface area contributed by atoms with Gasteiger partial charge in [-0.3, -0.25) is 4.79 Å². The minimum atomic E-state index is -3.39. The summed E-state index contributed by atoms with van der Waals surface area (Å²) in [7, 11) is -3.39. The first-order valence-electron chi connectivity index (χ1n) is 8.99. The number of halogens is 1. The quantitative estimate of drug-likeness (QED) is 0.637. The van der Waals surface area contributed by atoms with Gasteiger partial charge in [-0.15, -0.1) is 23.7 Å². The first-order valence-corrected chi connectivity index (χ1v) is 11.2. The fourth-order valence-corrected chi connectivity index (χ4v) is 6.24. The van der Waals surface area contributed by atoms with Crippen molar-refractivity contribution in [3.05, 3.63) is 17.0 Å². The molecule has 0 bridgehead atoms. The molecule has 6 nitrogen and oxygen atoms in total. The summed E-state index contributed by atoms with van der Waals surface area (Å²) in [5.74, 6) is 0.336. The standard InChI is InChI=1S/C17H29N3O3S2.ClH/c1-3-20(4-2)25(22,23)17-9-8-14(24-17)10-11-19-16(21)12-13-6-5-7-15(13)18;/h8-9,13,15H,3-7,10-12,18H2,1-2H3,(H,19,21);1H/t13-,15+;/m0./s1. The molecule has 3 N–H and O–H groups in total. The average molecular weight is 424 g/mol. The fraction of sp³-hybridized carbons (Fsp3) is 0.706. The minimum Gasteiger partial charge on any atom is -0.356 e. The number of carbonyl (C=O) groups is 1. The summed E-state index contributed by atoms with van der Waals surface area (Å²) in [5.41, 5.74) is 6.00. The van der Waals surface area contributed by atoms with Gasteiger partial charge in [0.05, 0.1) is 0 Å². The van der Waals surface area contributed by atoms with Gasteiger partial charge in [-0.05, 0) is 37.3 Å². The van der Waals surface area contributed by atoms with Crippen LogP contribution in [0.5, 0.6) is 0 Å². The molecule has 0 aromatic carbocycles. The summed E-state index contributed by atoms with van der Waals surface area (Å²) in [5, 5.41) is 2.92. The smallest absolute Gasteiger partial charge is 0.252 e. The van der Waals surface area contributed by atoms with E-state index in [4.69, 9.17) is 5.73 Å². The van der Waals surface area contributed by atoms with Crippen LogP contribution in [0.4, 0.5) is 0 Å². The van der Waals surface area contributed by atoms with Gasteiger partial charge in [0.25, 0.3) is 10.0 Å². The number of nitrogens with zero attached hydrogens (tertiary/aromatic N) is 1. The third kappa shape index (κ3) is 5.92. The number of carbonyl (C=O) groups excluding carboxylic acids is 1. The highest BCUT2D eigenvalue weighted by Crippen LogP contribution is 2.27. The average Bonchev–Trinajstić information content (AvgIpc) is 3.19. The summed E-state index contributed by atoms with van der Waals surface area (Å²) in [4.78, 5) is 13.0. The molecule has 1 aliphatic rings. The van der Waals surface area contributed by atoms with Crippen molar-refractivity contribution >= 4 is 39.7 Å². The van der Waals surface area contributed by atoms with Gasteiger partial charge in [-0.2, -0.15) is 4.31 Å². The summed E-state index contributed by atoms with van der Waals surface area (Å²) >= 11 is 1.28. The number of sulfonamides is 1. The van der Waals surface area contributed by atoms with Crippen LogP contribution in [-0.4, -0.2) is 44.3 Å². The first kappa shape index (κ1) is 23.4. The van der Waals surface area contributed by atoms with Gasteiger partial charge < -0.3 is 11.1 Å². The first-order chi connectivity index (χ1) is 11.9. The number of rotatable bonds is 9. The van der Waals surface area contributed by atoms with Crippen molar-refractivity contribution < 1.29 is 13.2 Å². The van der Waals surface area contributed by atoms with Gasteiger partial charge in [0, 0.05) is 37.0 Å². The van der Waals surface area contributed by atoms with Crippen molar-refractivity contribution in [2.24, 2.45) is 11.7 Å². The number of hydrogen-bond donors (Lipinski definition) is 2. The SMILES string of the molecule is CCN(CC)S(=O)(=O)c1ccc(CCNC(=O)C[C@@H]2CCC[C@H]2N)s1.Cl. The molecule has 1 amide bonds. The van der Waals surface area contributed by atoms with E-state index in [-0.39, 0.29) is 24.4 Å². The maximum atomic E-state index is 12.5. The molecular formula is C17H30ClN3O3S2. The minimum absolute atomic E-state index is 0. The molecule has 26 heavy (non-hydrogen) atoms. The van der Waals surface area contributed by atoms with Crippen LogP contribution in [0.1, 0.15) is 44.4 Å². The predicted molar refractivity (Wildman–Crippen MR) is 108 cm³/mol. The molecular weight excluding hydrogens is 394 g/mol. The predicted octanol–water partition coefficient (Wildman–Crippen LogP) is 2.38. The molecule has 1 aromatic rings. The molecule has 0 radical (unpaired) electrons. The molecule has 0 aliphatic heterocycles. The van der Waals surface area contributed by atoms with Crippen LogP contribution in [-0.2, 0) is 21.2 Å². The molecule has 150 valence electrons.